The van der Waals surface area contributed by atoms with E-state index in [0.717, 1.165) is 64.7 Å². The molecule has 0 aromatic heterocycles. The molecular formula is C16H33Cl2N3O2. The molecule has 2 fully saturated rings. The first-order valence-electron chi connectivity index (χ1n) is 8.44. The number of unbranched alkanes of at least 4 members (excludes halogenated alkanes) is 1. The van der Waals surface area contributed by atoms with E-state index in [2.05, 4.69) is 24.1 Å². The molecule has 1 saturated carbocycles. The van der Waals surface area contributed by atoms with Gasteiger partial charge in [-0.2, -0.15) is 0 Å². The summed E-state index contributed by atoms with van der Waals surface area (Å²) in [4.78, 5) is 14.5. The highest BCUT2D eigenvalue weighted by atomic mass is 35.5. The van der Waals surface area contributed by atoms with Crippen molar-refractivity contribution in [1.82, 2.24) is 10.2 Å². The lowest BCUT2D eigenvalue weighted by Crippen LogP contribution is -2.52. The molecule has 1 saturated heterocycles. The molecule has 0 bridgehead atoms. The lowest BCUT2D eigenvalue weighted by molar-refractivity contribution is -0.126. The van der Waals surface area contributed by atoms with Gasteiger partial charge < -0.3 is 15.8 Å². The Bertz CT molecular complexity index is 342. The first-order chi connectivity index (χ1) is 9.99. The molecule has 0 aromatic rings. The van der Waals surface area contributed by atoms with Gasteiger partial charge in [-0.3, -0.25) is 9.69 Å². The minimum absolute atomic E-state index is 0. The third-order valence-electron chi connectivity index (χ3n) is 4.63. The maximum Gasteiger partial charge on any atom is 0.240 e. The molecule has 7 heteroatoms. The van der Waals surface area contributed by atoms with Gasteiger partial charge in [0.25, 0.3) is 0 Å². The number of hydrogen-bond acceptors (Lipinski definition) is 4. The molecule has 1 aliphatic heterocycles. The van der Waals surface area contributed by atoms with E-state index in [0.29, 0.717) is 12.2 Å². The van der Waals surface area contributed by atoms with Crippen molar-refractivity contribution >= 4 is 30.7 Å². The zero-order chi connectivity index (χ0) is 15.3. The van der Waals surface area contributed by atoms with Gasteiger partial charge in [-0.25, -0.2) is 0 Å². The second-order valence-corrected chi connectivity index (χ2v) is 6.84. The second kappa shape index (κ2) is 10.7. The van der Waals surface area contributed by atoms with Gasteiger partial charge in [0, 0.05) is 19.6 Å². The van der Waals surface area contributed by atoms with E-state index < -0.39 is 5.54 Å². The van der Waals surface area contributed by atoms with Crippen LogP contribution in [0.2, 0.25) is 0 Å². The number of nitrogens with zero attached hydrogens (tertiary/aromatic N) is 1. The Morgan fingerprint density at radius 1 is 1.17 bits per heavy atom. The highest BCUT2D eigenvalue weighted by molar-refractivity contribution is 5.86. The summed E-state index contributed by atoms with van der Waals surface area (Å²) in [6.07, 6.45) is 6.61. The SMILES string of the molecule is CC1CN(CCCCNC(=O)C2(N)CCCC2)CC(C)O1.Cl.Cl. The summed E-state index contributed by atoms with van der Waals surface area (Å²) in [6.45, 7) is 8.12. The topological polar surface area (TPSA) is 67.6 Å². The molecule has 138 valence electrons. The van der Waals surface area contributed by atoms with Crippen LogP contribution in [-0.4, -0.2) is 54.7 Å². The zero-order valence-electron chi connectivity index (χ0n) is 14.4. The Hall–Kier alpha value is -0.0700. The van der Waals surface area contributed by atoms with Crippen LogP contribution in [0.3, 0.4) is 0 Å². The maximum atomic E-state index is 12.1. The monoisotopic (exact) mass is 369 g/mol. The van der Waals surface area contributed by atoms with Crippen LogP contribution in [-0.2, 0) is 9.53 Å². The fourth-order valence-corrected chi connectivity index (χ4v) is 3.54. The number of carbonyl (C=O) groups is 1. The summed E-state index contributed by atoms with van der Waals surface area (Å²) < 4.78 is 5.73. The smallest absolute Gasteiger partial charge is 0.240 e. The third-order valence-corrected chi connectivity index (χ3v) is 4.63. The van der Waals surface area contributed by atoms with Crippen molar-refractivity contribution in [1.29, 1.82) is 0 Å². The van der Waals surface area contributed by atoms with Gasteiger partial charge in [0.05, 0.1) is 17.7 Å². The van der Waals surface area contributed by atoms with Crippen LogP contribution >= 0.6 is 24.8 Å². The lowest BCUT2D eigenvalue weighted by atomic mass is 9.98. The Labute approximate surface area is 152 Å². The van der Waals surface area contributed by atoms with E-state index in [1.54, 1.807) is 0 Å². The zero-order valence-corrected chi connectivity index (χ0v) is 16.0. The molecule has 2 atom stereocenters. The Balaban J connectivity index is 0.00000242. The van der Waals surface area contributed by atoms with Gasteiger partial charge in [0.15, 0.2) is 0 Å². The molecule has 1 aliphatic carbocycles. The molecule has 2 unspecified atom stereocenters. The fourth-order valence-electron chi connectivity index (χ4n) is 3.54. The summed E-state index contributed by atoms with van der Waals surface area (Å²) >= 11 is 0. The molecule has 23 heavy (non-hydrogen) atoms. The van der Waals surface area contributed by atoms with Gasteiger partial charge in [0.1, 0.15) is 0 Å². The van der Waals surface area contributed by atoms with E-state index in [1.165, 1.54) is 0 Å². The molecule has 3 N–H and O–H groups in total. The predicted molar refractivity (Wildman–Crippen MR) is 98.6 cm³/mol. The Morgan fingerprint density at radius 3 is 2.30 bits per heavy atom. The van der Waals surface area contributed by atoms with Crippen molar-refractivity contribution in [2.45, 2.75) is 70.1 Å². The van der Waals surface area contributed by atoms with Crippen LogP contribution in [0.15, 0.2) is 0 Å². The van der Waals surface area contributed by atoms with E-state index >= 15 is 0 Å². The van der Waals surface area contributed by atoms with Crippen molar-refractivity contribution in [3.05, 3.63) is 0 Å². The molecule has 0 spiro atoms. The number of rotatable bonds is 6. The van der Waals surface area contributed by atoms with Crippen LogP contribution in [0.4, 0.5) is 0 Å². The van der Waals surface area contributed by atoms with Gasteiger partial charge in [-0.1, -0.05) is 12.8 Å². The number of morpholine rings is 1. The highest BCUT2D eigenvalue weighted by Gasteiger charge is 2.36. The molecule has 2 rings (SSSR count). The third kappa shape index (κ3) is 7.14. The van der Waals surface area contributed by atoms with Crippen LogP contribution in [0.5, 0.6) is 0 Å². The molecule has 1 heterocycles. The number of nitrogens with two attached hydrogens (primary N) is 1. The van der Waals surface area contributed by atoms with Crippen molar-refractivity contribution in [2.75, 3.05) is 26.2 Å². The number of amides is 1. The summed E-state index contributed by atoms with van der Waals surface area (Å²) in [7, 11) is 0. The van der Waals surface area contributed by atoms with E-state index in [1.807, 2.05) is 0 Å². The van der Waals surface area contributed by atoms with Gasteiger partial charge in [-0.05, 0) is 46.1 Å². The second-order valence-electron chi connectivity index (χ2n) is 6.84. The number of hydrogen-bond donors (Lipinski definition) is 2. The average Bonchev–Trinajstić information content (AvgIpc) is 2.85. The predicted octanol–water partition coefficient (Wildman–Crippen LogP) is 2.11. The summed E-state index contributed by atoms with van der Waals surface area (Å²) in [5.41, 5.74) is 5.54. The lowest BCUT2D eigenvalue weighted by Gasteiger charge is -2.35. The summed E-state index contributed by atoms with van der Waals surface area (Å²) in [6, 6.07) is 0. The maximum absolute atomic E-state index is 12.1. The molecule has 1 amide bonds. The number of nitrogens with one attached hydrogen (secondary N) is 1. The standard InChI is InChI=1S/C16H31N3O2.2ClH/c1-13-11-19(12-14(2)21-13)10-6-5-9-18-15(20)16(17)7-3-4-8-16;;/h13-14H,3-12,17H2,1-2H3,(H,18,20);2*1H. The summed E-state index contributed by atoms with van der Waals surface area (Å²) in [5.74, 6) is 0.0496. The minimum Gasteiger partial charge on any atom is -0.373 e. The number of ether oxygens (including phenoxy) is 1. The average molecular weight is 370 g/mol. The first-order valence-corrected chi connectivity index (χ1v) is 8.44. The van der Waals surface area contributed by atoms with Crippen molar-refractivity contribution < 1.29 is 9.53 Å². The van der Waals surface area contributed by atoms with Gasteiger partial charge >= 0.3 is 0 Å². The van der Waals surface area contributed by atoms with Crippen LogP contribution in [0, 0.1) is 0 Å². The van der Waals surface area contributed by atoms with Crippen molar-refractivity contribution in [3.8, 4) is 0 Å². The minimum atomic E-state index is -0.588. The molecule has 2 aliphatic rings. The highest BCUT2D eigenvalue weighted by Crippen LogP contribution is 2.27. The van der Waals surface area contributed by atoms with E-state index in [-0.39, 0.29) is 30.7 Å². The van der Waals surface area contributed by atoms with Gasteiger partial charge in [-0.15, -0.1) is 24.8 Å². The van der Waals surface area contributed by atoms with Crippen LogP contribution < -0.4 is 11.1 Å². The molecule has 0 aromatic carbocycles. The number of halogens is 2. The van der Waals surface area contributed by atoms with E-state index in [4.69, 9.17) is 10.5 Å². The van der Waals surface area contributed by atoms with Gasteiger partial charge in [0.2, 0.25) is 5.91 Å². The molecule has 0 radical (unpaired) electrons. The Morgan fingerprint density at radius 2 is 1.74 bits per heavy atom. The van der Waals surface area contributed by atoms with Crippen LogP contribution in [0.1, 0.15) is 52.4 Å². The van der Waals surface area contributed by atoms with E-state index in [9.17, 15) is 4.79 Å². The largest absolute Gasteiger partial charge is 0.373 e. The normalized spacial score (nSPS) is 26.9. The van der Waals surface area contributed by atoms with Crippen molar-refractivity contribution in [3.63, 3.8) is 0 Å². The number of carbonyl (C=O) groups excluding carboxylic acids is 1. The molecular weight excluding hydrogens is 337 g/mol. The van der Waals surface area contributed by atoms with Crippen LogP contribution in [0.25, 0.3) is 0 Å². The first kappa shape index (κ1) is 22.9. The fraction of sp³-hybridized carbons (Fsp3) is 0.938. The Kier molecular flexibility index (Phi) is 10.7. The quantitative estimate of drug-likeness (QED) is 0.703. The van der Waals surface area contributed by atoms with Crippen molar-refractivity contribution in [2.24, 2.45) is 5.73 Å². The summed E-state index contributed by atoms with van der Waals surface area (Å²) in [5, 5.41) is 3.01. The molecule has 5 nitrogen and oxygen atoms in total.